The van der Waals surface area contributed by atoms with Gasteiger partial charge in [0.2, 0.25) is 5.82 Å². The van der Waals surface area contributed by atoms with Gasteiger partial charge in [-0.1, -0.05) is 23.7 Å². The van der Waals surface area contributed by atoms with Gasteiger partial charge in [0.05, 0.1) is 0 Å². The Morgan fingerprint density at radius 1 is 1.39 bits per heavy atom. The van der Waals surface area contributed by atoms with Crippen LogP contribution in [0.25, 0.3) is 11.6 Å². The van der Waals surface area contributed by atoms with Crippen LogP contribution in [0.4, 0.5) is 0 Å². The Morgan fingerprint density at radius 3 is 2.94 bits per heavy atom. The molecule has 0 aliphatic heterocycles. The molecule has 0 aliphatic rings. The van der Waals surface area contributed by atoms with Gasteiger partial charge in [-0.3, -0.25) is 0 Å². The number of ether oxygens (including phenoxy) is 1. The monoisotopic (exact) mass is 253 g/mol. The lowest BCUT2D eigenvalue weighted by Crippen LogP contribution is -1.98. The molecular formula is C11H15N3O4. The molecule has 0 aliphatic carbocycles. The second-order valence-electron chi connectivity index (χ2n) is 3.87. The van der Waals surface area contributed by atoms with Gasteiger partial charge in [0.15, 0.2) is 11.5 Å². The van der Waals surface area contributed by atoms with Crippen LogP contribution < -0.4 is 0 Å². The maximum atomic E-state index is 9.72. The lowest BCUT2D eigenvalue weighted by atomic mass is 10.2. The number of nitrogens with zero attached hydrogens (tertiary/aromatic N) is 3. The van der Waals surface area contributed by atoms with Crippen LogP contribution in [-0.2, 0) is 11.3 Å². The molecule has 1 atom stereocenters. The van der Waals surface area contributed by atoms with Crippen LogP contribution in [0.1, 0.15) is 37.5 Å². The number of aromatic nitrogens is 3. The van der Waals surface area contributed by atoms with Crippen LogP contribution in [0.15, 0.2) is 15.1 Å². The van der Waals surface area contributed by atoms with Gasteiger partial charge in [0.25, 0.3) is 5.89 Å². The van der Waals surface area contributed by atoms with Gasteiger partial charge in [-0.05, 0) is 6.42 Å². The fourth-order valence-electron chi connectivity index (χ4n) is 1.50. The van der Waals surface area contributed by atoms with Gasteiger partial charge in [-0.2, -0.15) is 4.98 Å². The zero-order valence-electron chi connectivity index (χ0n) is 10.3. The third kappa shape index (κ3) is 2.74. The number of methoxy groups -OCH3 is 1. The van der Waals surface area contributed by atoms with Crippen LogP contribution >= 0.6 is 0 Å². The summed E-state index contributed by atoms with van der Waals surface area (Å²) in [5.74, 6) is 1.07. The normalized spacial score (nSPS) is 12.8. The summed E-state index contributed by atoms with van der Waals surface area (Å²) in [6.07, 6.45) is 0.720. The zero-order valence-corrected chi connectivity index (χ0v) is 10.3. The first-order chi connectivity index (χ1) is 8.74. The quantitative estimate of drug-likeness (QED) is 0.837. The number of aliphatic hydroxyl groups excluding tert-OH is 1. The van der Waals surface area contributed by atoms with Crippen molar-refractivity contribution in [1.82, 2.24) is 15.3 Å². The molecule has 0 saturated heterocycles. The summed E-state index contributed by atoms with van der Waals surface area (Å²) < 4.78 is 14.9. The number of aliphatic hydroxyl groups is 1. The van der Waals surface area contributed by atoms with Crippen molar-refractivity contribution in [3.63, 3.8) is 0 Å². The molecule has 2 aromatic heterocycles. The molecule has 0 fully saturated rings. The predicted octanol–water partition coefficient (Wildman–Crippen LogP) is 1.70. The average Bonchev–Trinajstić information content (AvgIpc) is 2.97. The van der Waals surface area contributed by atoms with E-state index < -0.39 is 6.10 Å². The van der Waals surface area contributed by atoms with E-state index in [-0.39, 0.29) is 11.7 Å². The van der Waals surface area contributed by atoms with Crippen molar-refractivity contribution in [2.45, 2.75) is 32.5 Å². The molecule has 1 unspecified atom stereocenters. The minimum atomic E-state index is -0.710. The molecule has 7 nitrogen and oxygen atoms in total. The molecular weight excluding hydrogens is 238 g/mol. The summed E-state index contributed by atoms with van der Waals surface area (Å²) >= 11 is 0. The highest BCUT2D eigenvalue weighted by molar-refractivity contribution is 5.45. The van der Waals surface area contributed by atoms with Crippen molar-refractivity contribution in [2.24, 2.45) is 0 Å². The van der Waals surface area contributed by atoms with Crippen LogP contribution in [-0.4, -0.2) is 27.5 Å². The number of hydrogen-bond donors (Lipinski definition) is 1. The first kappa shape index (κ1) is 12.7. The van der Waals surface area contributed by atoms with E-state index in [1.165, 1.54) is 0 Å². The van der Waals surface area contributed by atoms with Crippen molar-refractivity contribution in [3.8, 4) is 11.6 Å². The van der Waals surface area contributed by atoms with Crippen LogP contribution in [0.2, 0.25) is 0 Å². The molecule has 0 bridgehead atoms. The van der Waals surface area contributed by atoms with E-state index in [4.69, 9.17) is 13.8 Å². The molecule has 2 aromatic rings. The molecule has 0 spiro atoms. The zero-order chi connectivity index (χ0) is 13.0. The predicted molar refractivity (Wildman–Crippen MR) is 60.4 cm³/mol. The Labute approximate surface area is 104 Å². The standard InChI is InChI=1S/C11H15N3O4/c1-3-4-9(15)10-12-11(18-14-10)8-5-7(6-16-2)17-13-8/h5,9,15H,3-4,6H2,1-2H3. The summed E-state index contributed by atoms with van der Waals surface area (Å²) in [6, 6.07) is 1.66. The Bertz CT molecular complexity index is 494. The van der Waals surface area contributed by atoms with E-state index >= 15 is 0 Å². The van der Waals surface area contributed by atoms with Crippen LogP contribution in [0.3, 0.4) is 0 Å². The topological polar surface area (TPSA) is 94.4 Å². The van der Waals surface area contributed by atoms with Crippen LogP contribution in [0, 0.1) is 0 Å². The summed E-state index contributed by atoms with van der Waals surface area (Å²) in [5, 5.41) is 17.2. The van der Waals surface area contributed by atoms with Gasteiger partial charge in [0.1, 0.15) is 12.7 Å². The van der Waals surface area contributed by atoms with Gasteiger partial charge in [0, 0.05) is 13.2 Å². The van der Waals surface area contributed by atoms with Crippen molar-refractivity contribution in [2.75, 3.05) is 7.11 Å². The molecule has 2 rings (SSSR count). The van der Waals surface area contributed by atoms with Crippen LogP contribution in [0.5, 0.6) is 0 Å². The van der Waals surface area contributed by atoms with E-state index in [1.807, 2.05) is 6.92 Å². The second-order valence-corrected chi connectivity index (χ2v) is 3.87. The Kier molecular flexibility index (Phi) is 4.06. The number of rotatable bonds is 6. The molecule has 0 radical (unpaired) electrons. The van der Waals surface area contributed by atoms with E-state index in [9.17, 15) is 5.11 Å². The summed E-state index contributed by atoms with van der Waals surface area (Å²) in [5.41, 5.74) is 0.435. The minimum Gasteiger partial charge on any atom is -0.385 e. The Balaban J connectivity index is 2.13. The number of hydrogen-bond acceptors (Lipinski definition) is 7. The molecule has 0 aromatic carbocycles. The highest BCUT2D eigenvalue weighted by Crippen LogP contribution is 2.21. The average molecular weight is 253 g/mol. The second kappa shape index (κ2) is 5.74. The molecule has 98 valence electrons. The SMILES string of the molecule is CCCC(O)c1noc(-c2cc(COC)on2)n1. The molecule has 2 heterocycles. The van der Waals surface area contributed by atoms with E-state index in [0.717, 1.165) is 6.42 Å². The smallest absolute Gasteiger partial charge is 0.280 e. The first-order valence-corrected chi connectivity index (χ1v) is 5.71. The van der Waals surface area contributed by atoms with E-state index in [0.29, 0.717) is 24.5 Å². The molecule has 0 saturated carbocycles. The Hall–Kier alpha value is -1.73. The highest BCUT2D eigenvalue weighted by Gasteiger charge is 2.18. The minimum absolute atomic E-state index is 0.228. The third-order valence-electron chi connectivity index (χ3n) is 2.37. The van der Waals surface area contributed by atoms with Crippen molar-refractivity contribution >= 4 is 0 Å². The maximum Gasteiger partial charge on any atom is 0.280 e. The van der Waals surface area contributed by atoms with Crippen molar-refractivity contribution < 1.29 is 18.9 Å². The van der Waals surface area contributed by atoms with Crippen molar-refractivity contribution in [1.29, 1.82) is 0 Å². The lowest BCUT2D eigenvalue weighted by molar-refractivity contribution is 0.153. The van der Waals surface area contributed by atoms with Gasteiger partial charge >= 0.3 is 0 Å². The lowest BCUT2D eigenvalue weighted by Gasteiger charge is -2.00. The van der Waals surface area contributed by atoms with E-state index in [2.05, 4.69) is 15.3 Å². The first-order valence-electron chi connectivity index (χ1n) is 5.71. The fraction of sp³-hybridized carbons (Fsp3) is 0.545. The third-order valence-corrected chi connectivity index (χ3v) is 2.37. The molecule has 7 heteroatoms. The fourth-order valence-corrected chi connectivity index (χ4v) is 1.50. The molecule has 0 amide bonds. The molecule has 18 heavy (non-hydrogen) atoms. The largest absolute Gasteiger partial charge is 0.385 e. The highest BCUT2D eigenvalue weighted by atomic mass is 16.5. The van der Waals surface area contributed by atoms with Gasteiger partial charge in [-0.15, -0.1) is 0 Å². The summed E-state index contributed by atoms with van der Waals surface area (Å²) in [7, 11) is 1.56. The van der Waals surface area contributed by atoms with E-state index in [1.54, 1.807) is 13.2 Å². The maximum absolute atomic E-state index is 9.72. The Morgan fingerprint density at radius 2 is 2.22 bits per heavy atom. The summed E-state index contributed by atoms with van der Waals surface area (Å²) in [4.78, 5) is 4.08. The van der Waals surface area contributed by atoms with Gasteiger partial charge in [-0.25, -0.2) is 0 Å². The molecule has 1 N–H and O–H groups in total. The van der Waals surface area contributed by atoms with Crippen molar-refractivity contribution in [3.05, 3.63) is 17.7 Å². The summed E-state index contributed by atoms with van der Waals surface area (Å²) in [6.45, 7) is 2.30. The van der Waals surface area contributed by atoms with Gasteiger partial charge < -0.3 is 18.9 Å².